The maximum absolute atomic E-state index is 12.4. The van der Waals surface area contributed by atoms with Crippen molar-refractivity contribution < 1.29 is 0 Å². The van der Waals surface area contributed by atoms with E-state index in [0.29, 0.717) is 0 Å². The monoisotopic (exact) mass is 302 g/mol. The summed E-state index contributed by atoms with van der Waals surface area (Å²) in [6, 6.07) is 12.1. The van der Waals surface area contributed by atoms with Crippen LogP contribution in [0.3, 0.4) is 0 Å². The van der Waals surface area contributed by atoms with E-state index in [4.69, 9.17) is 0 Å². The third-order valence-electron chi connectivity index (χ3n) is 3.05. The first-order valence-corrected chi connectivity index (χ1v) is 8.19. The quantitative estimate of drug-likeness (QED) is 0.545. The molecule has 3 aromatic rings. The zero-order valence-corrected chi connectivity index (χ0v) is 12.9. The second-order valence-electron chi connectivity index (χ2n) is 4.38. The minimum atomic E-state index is 0.0399. The molecule has 20 heavy (non-hydrogen) atoms. The molecule has 0 aliphatic rings. The van der Waals surface area contributed by atoms with Crippen molar-refractivity contribution in [1.82, 2.24) is 9.55 Å². The van der Waals surface area contributed by atoms with Gasteiger partial charge in [0.2, 0.25) is 0 Å². The normalized spacial score (nSPS) is 11.1. The third-order valence-corrected chi connectivity index (χ3v) is 5.12. The molecule has 2 aromatic heterocycles. The van der Waals surface area contributed by atoms with E-state index >= 15 is 0 Å². The van der Waals surface area contributed by atoms with Gasteiger partial charge in [-0.2, -0.15) is 0 Å². The lowest BCUT2D eigenvalue weighted by molar-refractivity contribution is 0.728. The molecule has 1 aromatic carbocycles. The Morgan fingerprint density at radius 1 is 1.30 bits per heavy atom. The molecule has 3 rings (SSSR count). The molecule has 5 heteroatoms. The molecule has 3 nitrogen and oxygen atoms in total. The molecular weight excluding hydrogens is 288 g/mol. The Kier molecular flexibility index (Phi) is 3.63. The molecule has 0 saturated carbocycles. The summed E-state index contributed by atoms with van der Waals surface area (Å²) in [4.78, 5) is 18.1. The molecular formula is C15H14N2OS2. The molecule has 0 atom stereocenters. The van der Waals surface area contributed by atoms with Crippen LogP contribution in [-0.4, -0.2) is 15.3 Å². The van der Waals surface area contributed by atoms with Crippen LogP contribution in [0.15, 0.2) is 46.3 Å². The maximum Gasteiger partial charge on any atom is 0.271 e. The highest BCUT2D eigenvalue weighted by Crippen LogP contribution is 2.31. The van der Waals surface area contributed by atoms with Crippen molar-refractivity contribution in [2.24, 2.45) is 7.05 Å². The second-order valence-corrected chi connectivity index (χ2v) is 6.67. The zero-order chi connectivity index (χ0) is 14.1. The number of thioether (sulfide) groups is 1. The van der Waals surface area contributed by atoms with Gasteiger partial charge in [0.1, 0.15) is 4.70 Å². The minimum Gasteiger partial charge on any atom is -0.290 e. The van der Waals surface area contributed by atoms with Crippen molar-refractivity contribution in [2.45, 2.75) is 12.1 Å². The first kappa shape index (κ1) is 13.4. The van der Waals surface area contributed by atoms with Crippen LogP contribution in [0, 0.1) is 0 Å². The highest BCUT2D eigenvalue weighted by atomic mass is 32.2. The number of hydrogen-bond donors (Lipinski definition) is 0. The zero-order valence-electron chi connectivity index (χ0n) is 11.3. The van der Waals surface area contributed by atoms with E-state index in [1.807, 2.05) is 24.3 Å². The number of rotatable bonds is 3. The van der Waals surface area contributed by atoms with Gasteiger partial charge in [0.25, 0.3) is 5.56 Å². The molecule has 0 unspecified atom stereocenters. The molecule has 0 spiro atoms. The standard InChI is InChI=1S/C15H14N2OS2/c1-3-19-15-16-11-9-12(10-7-5-4-6-8-10)20-13(11)14(18)17(15)2/h4-9H,3H2,1-2H3. The van der Waals surface area contributed by atoms with Crippen LogP contribution in [-0.2, 0) is 7.05 Å². The van der Waals surface area contributed by atoms with Crippen LogP contribution >= 0.6 is 23.1 Å². The van der Waals surface area contributed by atoms with Crippen LogP contribution in [0.25, 0.3) is 20.7 Å². The van der Waals surface area contributed by atoms with Crippen molar-refractivity contribution in [2.75, 3.05) is 5.75 Å². The number of fused-ring (bicyclic) bond motifs is 1. The molecule has 0 N–H and O–H groups in total. The fourth-order valence-corrected chi connectivity index (χ4v) is 3.81. The Balaban J connectivity index is 2.21. The summed E-state index contributed by atoms with van der Waals surface area (Å²) in [6.07, 6.45) is 0. The highest BCUT2D eigenvalue weighted by Gasteiger charge is 2.12. The summed E-state index contributed by atoms with van der Waals surface area (Å²) < 4.78 is 2.37. The van der Waals surface area contributed by atoms with Gasteiger partial charge in [-0.1, -0.05) is 49.0 Å². The van der Waals surface area contributed by atoms with Crippen LogP contribution in [0.2, 0.25) is 0 Å². The first-order chi connectivity index (χ1) is 9.70. The molecule has 0 saturated heterocycles. The third kappa shape index (κ3) is 2.27. The van der Waals surface area contributed by atoms with E-state index in [1.165, 1.54) is 11.3 Å². The van der Waals surface area contributed by atoms with Crippen molar-refractivity contribution in [3.8, 4) is 10.4 Å². The van der Waals surface area contributed by atoms with E-state index in [1.54, 1.807) is 23.4 Å². The number of benzene rings is 1. The molecule has 0 aliphatic carbocycles. The summed E-state index contributed by atoms with van der Waals surface area (Å²) >= 11 is 3.11. The Hall–Kier alpha value is -1.59. The van der Waals surface area contributed by atoms with Gasteiger partial charge in [-0.15, -0.1) is 11.3 Å². The van der Waals surface area contributed by atoms with Crippen molar-refractivity contribution >= 4 is 33.3 Å². The largest absolute Gasteiger partial charge is 0.290 e. The van der Waals surface area contributed by atoms with E-state index in [-0.39, 0.29) is 5.56 Å². The lowest BCUT2D eigenvalue weighted by Gasteiger charge is -2.04. The Morgan fingerprint density at radius 3 is 2.75 bits per heavy atom. The summed E-state index contributed by atoms with van der Waals surface area (Å²) in [5.74, 6) is 0.904. The number of aromatic nitrogens is 2. The summed E-state index contributed by atoms with van der Waals surface area (Å²) in [5.41, 5.74) is 1.97. The first-order valence-electron chi connectivity index (χ1n) is 6.39. The van der Waals surface area contributed by atoms with E-state index in [0.717, 1.165) is 31.6 Å². The topological polar surface area (TPSA) is 34.9 Å². The Bertz CT molecular complexity index is 806. The fraction of sp³-hybridized carbons (Fsp3) is 0.200. The SMILES string of the molecule is CCSc1nc2cc(-c3ccccc3)sc2c(=O)n1C. The van der Waals surface area contributed by atoms with Gasteiger partial charge in [0, 0.05) is 11.9 Å². The molecule has 0 fully saturated rings. The molecule has 0 radical (unpaired) electrons. The molecule has 0 bridgehead atoms. The van der Waals surface area contributed by atoms with Gasteiger partial charge in [0.15, 0.2) is 5.16 Å². The average Bonchev–Trinajstić information content (AvgIpc) is 2.90. The molecule has 2 heterocycles. The van der Waals surface area contributed by atoms with Crippen LogP contribution < -0.4 is 5.56 Å². The number of thiophene rings is 1. The number of nitrogens with zero attached hydrogens (tertiary/aromatic N) is 2. The second kappa shape index (κ2) is 5.42. The van der Waals surface area contributed by atoms with Crippen LogP contribution in [0.5, 0.6) is 0 Å². The minimum absolute atomic E-state index is 0.0399. The smallest absolute Gasteiger partial charge is 0.271 e. The van der Waals surface area contributed by atoms with Crippen molar-refractivity contribution in [3.05, 3.63) is 46.8 Å². The highest BCUT2D eigenvalue weighted by molar-refractivity contribution is 7.99. The van der Waals surface area contributed by atoms with Crippen molar-refractivity contribution in [3.63, 3.8) is 0 Å². The van der Waals surface area contributed by atoms with Gasteiger partial charge in [-0.25, -0.2) is 4.98 Å². The predicted octanol–water partition coefficient (Wildman–Crippen LogP) is 3.77. The lowest BCUT2D eigenvalue weighted by Crippen LogP contribution is -2.18. The van der Waals surface area contributed by atoms with Crippen LogP contribution in [0.4, 0.5) is 0 Å². The molecule has 102 valence electrons. The van der Waals surface area contributed by atoms with Crippen molar-refractivity contribution in [1.29, 1.82) is 0 Å². The summed E-state index contributed by atoms with van der Waals surface area (Å²) in [7, 11) is 1.79. The number of hydrogen-bond acceptors (Lipinski definition) is 4. The predicted molar refractivity (Wildman–Crippen MR) is 86.7 cm³/mol. The Morgan fingerprint density at radius 2 is 2.05 bits per heavy atom. The van der Waals surface area contributed by atoms with Gasteiger partial charge >= 0.3 is 0 Å². The van der Waals surface area contributed by atoms with Gasteiger partial charge in [-0.05, 0) is 17.4 Å². The van der Waals surface area contributed by atoms with Gasteiger partial charge < -0.3 is 0 Å². The van der Waals surface area contributed by atoms with Gasteiger partial charge in [0.05, 0.1) is 5.52 Å². The van der Waals surface area contributed by atoms with Gasteiger partial charge in [-0.3, -0.25) is 9.36 Å². The fourth-order valence-electron chi connectivity index (χ4n) is 2.04. The van der Waals surface area contributed by atoms with Crippen LogP contribution in [0.1, 0.15) is 6.92 Å². The lowest BCUT2D eigenvalue weighted by atomic mass is 10.2. The van der Waals surface area contributed by atoms with E-state index < -0.39 is 0 Å². The Labute approximate surface area is 125 Å². The van der Waals surface area contributed by atoms with E-state index in [2.05, 4.69) is 24.0 Å². The summed E-state index contributed by atoms with van der Waals surface area (Å²) in [6.45, 7) is 2.06. The van der Waals surface area contributed by atoms with E-state index in [9.17, 15) is 4.79 Å². The average molecular weight is 302 g/mol. The summed E-state index contributed by atoms with van der Waals surface area (Å²) in [5, 5.41) is 0.780. The molecule has 0 aliphatic heterocycles. The maximum atomic E-state index is 12.4. The molecule has 0 amide bonds.